The first-order valence-electron chi connectivity index (χ1n) is 22.7. The number of rotatable bonds is 9. The minimum Gasteiger partial charge on any atom is -0.507 e. The minimum atomic E-state index is -2.61. The topological polar surface area (TPSA) is 50.9 Å². The molecule has 7 aromatic carbocycles. The fraction of sp³-hybridized carbons (Fsp3) is 0.143. The molecule has 0 aliphatic heterocycles. The second kappa shape index (κ2) is 17.3. The molecule has 4 nitrogen and oxygen atoms in total. The summed E-state index contributed by atoms with van der Waals surface area (Å²) in [6.07, 6.45) is 1.82. The van der Waals surface area contributed by atoms with E-state index >= 15 is 0 Å². The van der Waals surface area contributed by atoms with Crippen LogP contribution in [0.3, 0.4) is 0 Å². The van der Waals surface area contributed by atoms with E-state index in [-0.39, 0.29) is 32.4 Å². The zero-order valence-electron chi connectivity index (χ0n) is 39.7. The number of hydrogen-bond acceptors (Lipinski definition) is 3. The van der Waals surface area contributed by atoms with E-state index in [1.807, 2.05) is 83.6 Å². The molecule has 0 bridgehead atoms. The van der Waals surface area contributed by atoms with Gasteiger partial charge in [0.05, 0.1) is 22.3 Å². The third-order valence-corrected chi connectivity index (χ3v) is 11.2. The Morgan fingerprint density at radius 3 is 2.00 bits per heavy atom. The van der Waals surface area contributed by atoms with Crippen LogP contribution in [0.25, 0.3) is 83.9 Å². The van der Waals surface area contributed by atoms with Crippen molar-refractivity contribution in [3.05, 3.63) is 192 Å². The Kier molecular flexibility index (Phi) is 10.1. The Balaban J connectivity index is 0.00000592. The standard InChI is InChI=1S/C56H48N3O.Pt/c1-35(2)46-17-12-18-47(36(3)4)54(46)42-26-27-51(38(6)30-42)59-52-20-13-19-48(55(52)58-56(59)49-16-10-11-21-53(49)60)44-31-43(39-14-8-7-9-15-39)32-45(33-44)50-34-41(28-29-57-50)40-24-22-37(5)23-25-40;/h7-32,34-36,60H,1-6H3;/q-1;/i6D3,35D,36D;. The summed E-state index contributed by atoms with van der Waals surface area (Å²) in [5.74, 6) is -1.74. The SMILES string of the molecule is [2H]C([2H])([2H])c1cc(-c2c(C([2H])(C)C)cccc2C([2H])(C)C)ccc1-n1c(-c2ccccc2O)nc2c(-c3[c-]c(-c4cc(-c5ccc(C)cc5)ccn4)cc(-c4ccccc4)c3)cccc21.[Pt]. The fourth-order valence-corrected chi connectivity index (χ4v) is 8.14. The number of imidazole rings is 1. The van der Waals surface area contributed by atoms with Crippen molar-refractivity contribution in [1.82, 2.24) is 14.5 Å². The molecule has 9 aromatic rings. The number of aromatic hydroxyl groups is 1. The van der Waals surface area contributed by atoms with Crippen molar-refractivity contribution in [2.75, 3.05) is 0 Å². The molecular formula is C56H48N3OPt-. The average Bonchev–Trinajstić information content (AvgIpc) is 3.68. The Hall–Kier alpha value is -6.35. The zero-order valence-corrected chi connectivity index (χ0v) is 37.0. The molecule has 0 saturated heterocycles. The maximum atomic E-state index is 11.4. The van der Waals surface area contributed by atoms with Crippen molar-refractivity contribution < 1.29 is 33.0 Å². The van der Waals surface area contributed by atoms with Gasteiger partial charge in [0.2, 0.25) is 0 Å². The van der Waals surface area contributed by atoms with Gasteiger partial charge in [-0.15, -0.1) is 23.8 Å². The van der Waals surface area contributed by atoms with Gasteiger partial charge in [0.15, 0.2) is 0 Å². The van der Waals surface area contributed by atoms with Gasteiger partial charge >= 0.3 is 0 Å². The Bertz CT molecular complexity index is 3210. The summed E-state index contributed by atoms with van der Waals surface area (Å²) in [5.41, 5.74) is 13.0. The molecule has 0 radical (unpaired) electrons. The van der Waals surface area contributed by atoms with Gasteiger partial charge in [0.25, 0.3) is 0 Å². The quantitative estimate of drug-likeness (QED) is 0.147. The van der Waals surface area contributed by atoms with Crippen molar-refractivity contribution in [1.29, 1.82) is 0 Å². The Morgan fingerprint density at radius 2 is 1.28 bits per heavy atom. The molecule has 5 heteroatoms. The Labute approximate surface area is 380 Å². The van der Waals surface area contributed by atoms with Crippen LogP contribution in [-0.2, 0) is 21.1 Å². The van der Waals surface area contributed by atoms with Crippen LogP contribution in [0.5, 0.6) is 5.75 Å². The number of phenols is 1. The molecule has 2 aromatic heterocycles. The third-order valence-electron chi connectivity index (χ3n) is 11.2. The molecular weight excluding hydrogens is 926 g/mol. The molecule has 9 rings (SSSR count). The maximum Gasteiger partial charge on any atom is 0.148 e. The molecule has 0 unspecified atom stereocenters. The molecule has 0 saturated carbocycles. The number of aryl methyl sites for hydroxylation is 2. The summed E-state index contributed by atoms with van der Waals surface area (Å²) in [7, 11) is 0. The van der Waals surface area contributed by atoms with Crippen LogP contribution < -0.4 is 0 Å². The van der Waals surface area contributed by atoms with Gasteiger partial charge in [-0.2, -0.15) is 0 Å². The van der Waals surface area contributed by atoms with Crippen LogP contribution in [-0.4, -0.2) is 19.6 Å². The first-order valence-corrected chi connectivity index (χ1v) is 20.2. The number of para-hydroxylation sites is 2. The third kappa shape index (κ3) is 8.01. The number of phenolic OH excluding ortho intramolecular Hbond substituents is 1. The number of nitrogens with zero attached hydrogens (tertiary/aromatic N) is 3. The molecule has 0 atom stereocenters. The van der Waals surface area contributed by atoms with Gasteiger partial charge in [-0.1, -0.05) is 159 Å². The smallest absolute Gasteiger partial charge is 0.148 e. The summed E-state index contributed by atoms with van der Waals surface area (Å²) in [6, 6.07) is 54.3. The summed E-state index contributed by atoms with van der Waals surface area (Å²) in [4.78, 5) is 10.1. The van der Waals surface area contributed by atoms with Crippen LogP contribution in [0.4, 0.5) is 0 Å². The predicted octanol–water partition coefficient (Wildman–Crippen LogP) is 14.8. The van der Waals surface area contributed by atoms with Crippen molar-refractivity contribution >= 4 is 11.0 Å². The molecule has 304 valence electrons. The number of aromatic nitrogens is 3. The number of hydrogen-bond donors (Lipinski definition) is 1. The van der Waals surface area contributed by atoms with E-state index in [0.717, 1.165) is 44.6 Å². The molecule has 61 heavy (non-hydrogen) atoms. The number of benzene rings is 7. The van der Waals surface area contributed by atoms with Crippen molar-refractivity contribution in [2.45, 2.75) is 53.3 Å². The summed E-state index contributed by atoms with van der Waals surface area (Å²) in [6.45, 7) is 6.67. The van der Waals surface area contributed by atoms with Crippen LogP contribution in [0.1, 0.15) is 68.6 Å². The van der Waals surface area contributed by atoms with Crippen molar-refractivity contribution in [2.24, 2.45) is 0 Å². The van der Waals surface area contributed by atoms with Gasteiger partial charge in [0.1, 0.15) is 11.6 Å². The molecule has 0 aliphatic rings. The van der Waals surface area contributed by atoms with Gasteiger partial charge < -0.3 is 5.11 Å². The average molecular weight is 979 g/mol. The first-order chi connectivity index (χ1) is 31.0. The van der Waals surface area contributed by atoms with Crippen LogP contribution in [0.15, 0.2) is 164 Å². The number of fused-ring (bicyclic) bond motifs is 1. The summed E-state index contributed by atoms with van der Waals surface area (Å²) in [5, 5.41) is 11.4. The van der Waals surface area contributed by atoms with E-state index in [1.54, 1.807) is 58.0 Å². The fourth-order valence-electron chi connectivity index (χ4n) is 8.14. The summed E-state index contributed by atoms with van der Waals surface area (Å²) >= 11 is 0. The molecule has 1 N–H and O–H groups in total. The molecule has 0 aliphatic carbocycles. The molecule has 0 amide bonds. The Morgan fingerprint density at radius 1 is 0.623 bits per heavy atom. The molecule has 0 fully saturated rings. The monoisotopic (exact) mass is 978 g/mol. The van der Waals surface area contributed by atoms with E-state index in [1.165, 1.54) is 5.56 Å². The van der Waals surface area contributed by atoms with Crippen LogP contribution >= 0.6 is 0 Å². The van der Waals surface area contributed by atoms with E-state index in [9.17, 15) is 5.11 Å². The zero-order chi connectivity index (χ0) is 45.8. The normalized spacial score (nSPS) is 13.1. The number of pyridine rings is 1. The van der Waals surface area contributed by atoms with Crippen LogP contribution in [0, 0.1) is 19.8 Å². The van der Waals surface area contributed by atoms with Crippen LogP contribution in [0.2, 0.25) is 0 Å². The van der Waals surface area contributed by atoms with Gasteiger partial charge in [-0.3, -0.25) is 9.55 Å². The van der Waals surface area contributed by atoms with E-state index < -0.39 is 18.6 Å². The molecule has 0 spiro atoms. The van der Waals surface area contributed by atoms with E-state index in [2.05, 4.69) is 67.6 Å². The minimum absolute atomic E-state index is 0. The van der Waals surface area contributed by atoms with Crippen molar-refractivity contribution in [3.8, 4) is 78.6 Å². The summed E-state index contributed by atoms with van der Waals surface area (Å²) < 4.78 is 46.9. The largest absolute Gasteiger partial charge is 0.507 e. The van der Waals surface area contributed by atoms with E-state index in [0.29, 0.717) is 50.4 Å². The second-order valence-corrected chi connectivity index (χ2v) is 15.8. The van der Waals surface area contributed by atoms with Gasteiger partial charge in [-0.05, 0) is 106 Å². The van der Waals surface area contributed by atoms with Crippen molar-refractivity contribution in [3.63, 3.8) is 0 Å². The first kappa shape index (κ1) is 35.4. The predicted molar refractivity (Wildman–Crippen MR) is 250 cm³/mol. The maximum absolute atomic E-state index is 11.4. The molecule has 2 heterocycles. The van der Waals surface area contributed by atoms with E-state index in [4.69, 9.17) is 16.8 Å². The van der Waals surface area contributed by atoms with Gasteiger partial charge in [-0.25, -0.2) is 4.98 Å². The second-order valence-electron chi connectivity index (χ2n) is 15.8. The van der Waals surface area contributed by atoms with Gasteiger partial charge in [0, 0.05) is 39.8 Å².